The summed E-state index contributed by atoms with van der Waals surface area (Å²) in [6.45, 7) is -0.347. The minimum absolute atomic E-state index is 0.108. The average Bonchev–Trinajstić information content (AvgIpc) is 2.57. The molecular weight excluding hydrogens is 232 g/mol. The van der Waals surface area contributed by atoms with E-state index < -0.39 is 43.1 Å². The summed E-state index contributed by atoms with van der Waals surface area (Å²) in [5, 5.41) is 30.2. The number of imide groups is 1. The first kappa shape index (κ1) is 12.2. The molecular formula is C9H14N2O6. The minimum Gasteiger partial charge on any atom is -0.394 e. The van der Waals surface area contributed by atoms with Gasteiger partial charge in [0.2, 0.25) is 5.91 Å². The van der Waals surface area contributed by atoms with Gasteiger partial charge in [-0.05, 0) is 0 Å². The van der Waals surface area contributed by atoms with Crippen molar-refractivity contribution in [2.45, 2.75) is 31.0 Å². The topological polar surface area (TPSA) is 119 Å². The number of ether oxygens (including phenoxy) is 1. The van der Waals surface area contributed by atoms with Crippen LogP contribution in [0.4, 0.5) is 4.79 Å². The lowest BCUT2D eigenvalue weighted by atomic mass is 10.1. The molecule has 96 valence electrons. The normalized spacial score (nSPS) is 38.4. The molecule has 2 heterocycles. The molecule has 0 saturated carbocycles. The van der Waals surface area contributed by atoms with Crippen LogP contribution < -0.4 is 5.32 Å². The Morgan fingerprint density at radius 3 is 2.59 bits per heavy atom. The molecule has 4 N–H and O–H groups in total. The van der Waals surface area contributed by atoms with Crippen LogP contribution in [-0.4, -0.2) is 69.8 Å². The second-order valence-electron chi connectivity index (χ2n) is 4.03. The maximum atomic E-state index is 11.5. The molecule has 8 nitrogen and oxygen atoms in total. The molecule has 0 spiro atoms. The van der Waals surface area contributed by atoms with Gasteiger partial charge < -0.3 is 20.1 Å². The van der Waals surface area contributed by atoms with Crippen molar-refractivity contribution in [1.29, 1.82) is 0 Å². The fourth-order valence-electron chi connectivity index (χ4n) is 1.96. The molecule has 4 atom stereocenters. The van der Waals surface area contributed by atoms with Crippen LogP contribution in [0, 0.1) is 0 Å². The summed E-state index contributed by atoms with van der Waals surface area (Å²) < 4.78 is 5.18. The van der Waals surface area contributed by atoms with Crippen LogP contribution >= 0.6 is 0 Å². The fraction of sp³-hybridized carbons (Fsp3) is 0.778. The number of hydrogen-bond acceptors (Lipinski definition) is 6. The summed E-state index contributed by atoms with van der Waals surface area (Å²) in [4.78, 5) is 23.6. The largest absolute Gasteiger partial charge is 0.394 e. The van der Waals surface area contributed by atoms with Gasteiger partial charge >= 0.3 is 6.03 Å². The molecule has 2 fully saturated rings. The molecule has 0 aromatic heterocycles. The van der Waals surface area contributed by atoms with Crippen molar-refractivity contribution in [2.24, 2.45) is 0 Å². The van der Waals surface area contributed by atoms with Crippen molar-refractivity contribution in [3.8, 4) is 0 Å². The Morgan fingerprint density at radius 2 is 2.06 bits per heavy atom. The first-order chi connectivity index (χ1) is 8.04. The van der Waals surface area contributed by atoms with Gasteiger partial charge in [-0.1, -0.05) is 0 Å². The Bertz CT molecular complexity index is 335. The van der Waals surface area contributed by atoms with E-state index in [1.807, 2.05) is 0 Å². The number of amides is 3. The summed E-state index contributed by atoms with van der Waals surface area (Å²) in [5.74, 6) is -0.391. The number of carbonyl (C=O) groups is 2. The fourth-order valence-corrected chi connectivity index (χ4v) is 1.96. The first-order valence-corrected chi connectivity index (χ1v) is 5.27. The van der Waals surface area contributed by atoms with Crippen LogP contribution in [0.5, 0.6) is 0 Å². The van der Waals surface area contributed by atoms with Crippen LogP contribution in [0.3, 0.4) is 0 Å². The Labute approximate surface area is 96.8 Å². The van der Waals surface area contributed by atoms with Gasteiger partial charge in [0.25, 0.3) is 0 Å². The molecule has 2 saturated heterocycles. The van der Waals surface area contributed by atoms with Crippen LogP contribution in [0.15, 0.2) is 0 Å². The maximum absolute atomic E-state index is 11.5. The lowest BCUT2D eigenvalue weighted by Gasteiger charge is -2.32. The Morgan fingerprint density at radius 1 is 1.35 bits per heavy atom. The SMILES string of the molecule is O=C1CCN([C@H]2O[C@H](CO)[C@@H](O)[C@H]2O)C(=O)N1. The van der Waals surface area contributed by atoms with E-state index in [0.29, 0.717) is 0 Å². The second kappa shape index (κ2) is 4.57. The lowest BCUT2D eigenvalue weighted by Crippen LogP contribution is -2.56. The zero-order chi connectivity index (χ0) is 12.6. The van der Waals surface area contributed by atoms with Crippen molar-refractivity contribution < 1.29 is 29.6 Å². The van der Waals surface area contributed by atoms with E-state index in [-0.39, 0.29) is 13.0 Å². The third kappa shape index (κ3) is 2.12. The standard InChI is InChI=1S/C9H14N2O6/c12-3-4-6(14)7(15)8(17-4)11-2-1-5(13)10-9(11)16/h4,6-8,12,14-15H,1-3H2,(H,10,13,16)/t4-,6-,7-,8+/m1/s1. The first-order valence-electron chi connectivity index (χ1n) is 5.27. The van der Waals surface area contributed by atoms with Gasteiger partial charge in [-0.15, -0.1) is 0 Å². The quantitative estimate of drug-likeness (QED) is 0.423. The number of aliphatic hydroxyl groups excluding tert-OH is 3. The van der Waals surface area contributed by atoms with Gasteiger partial charge in [0.1, 0.15) is 18.3 Å². The van der Waals surface area contributed by atoms with Gasteiger partial charge in [0, 0.05) is 13.0 Å². The van der Waals surface area contributed by atoms with E-state index in [1.165, 1.54) is 0 Å². The van der Waals surface area contributed by atoms with Crippen molar-refractivity contribution in [3.05, 3.63) is 0 Å². The molecule has 0 bridgehead atoms. The number of rotatable bonds is 2. The Hall–Kier alpha value is -1.22. The highest BCUT2D eigenvalue weighted by Crippen LogP contribution is 2.25. The van der Waals surface area contributed by atoms with Gasteiger partial charge in [-0.3, -0.25) is 15.0 Å². The summed E-state index contributed by atoms with van der Waals surface area (Å²) in [6.07, 6.45) is -4.42. The second-order valence-corrected chi connectivity index (χ2v) is 4.03. The van der Waals surface area contributed by atoms with E-state index in [4.69, 9.17) is 9.84 Å². The zero-order valence-corrected chi connectivity index (χ0v) is 8.94. The molecule has 2 rings (SSSR count). The minimum atomic E-state index is -1.30. The van der Waals surface area contributed by atoms with Crippen LogP contribution in [0.1, 0.15) is 6.42 Å². The molecule has 17 heavy (non-hydrogen) atoms. The maximum Gasteiger partial charge on any atom is 0.326 e. The zero-order valence-electron chi connectivity index (χ0n) is 8.94. The smallest absolute Gasteiger partial charge is 0.326 e. The summed E-state index contributed by atoms with van der Waals surface area (Å²) in [5.41, 5.74) is 0. The van der Waals surface area contributed by atoms with Gasteiger partial charge in [-0.25, -0.2) is 4.79 Å². The molecule has 2 aliphatic heterocycles. The lowest BCUT2D eigenvalue weighted by molar-refractivity contribution is -0.125. The summed E-state index contributed by atoms with van der Waals surface area (Å²) in [7, 11) is 0. The predicted molar refractivity (Wildman–Crippen MR) is 52.6 cm³/mol. The number of urea groups is 1. The number of nitrogens with one attached hydrogen (secondary N) is 1. The summed E-state index contributed by atoms with van der Waals surface area (Å²) in [6, 6.07) is -0.670. The van der Waals surface area contributed by atoms with Crippen LogP contribution in [0.25, 0.3) is 0 Å². The molecule has 0 radical (unpaired) electrons. The third-order valence-corrected chi connectivity index (χ3v) is 2.91. The third-order valence-electron chi connectivity index (χ3n) is 2.91. The molecule has 0 aromatic carbocycles. The van der Waals surface area contributed by atoms with E-state index in [1.54, 1.807) is 0 Å². The molecule has 0 unspecified atom stereocenters. The van der Waals surface area contributed by atoms with E-state index in [9.17, 15) is 19.8 Å². The van der Waals surface area contributed by atoms with E-state index in [0.717, 1.165) is 4.90 Å². The predicted octanol–water partition coefficient (Wildman–Crippen LogP) is -2.63. The molecule has 8 heteroatoms. The van der Waals surface area contributed by atoms with Crippen LogP contribution in [0.2, 0.25) is 0 Å². The highest BCUT2D eigenvalue weighted by atomic mass is 16.6. The van der Waals surface area contributed by atoms with E-state index >= 15 is 0 Å². The number of hydrogen-bond donors (Lipinski definition) is 4. The van der Waals surface area contributed by atoms with Gasteiger partial charge in [0.15, 0.2) is 6.23 Å². The van der Waals surface area contributed by atoms with Gasteiger partial charge in [-0.2, -0.15) is 0 Å². The van der Waals surface area contributed by atoms with Gasteiger partial charge in [0.05, 0.1) is 6.61 Å². The molecule has 2 aliphatic rings. The number of carbonyl (C=O) groups excluding carboxylic acids is 2. The summed E-state index contributed by atoms with van der Waals surface area (Å²) >= 11 is 0. The number of nitrogens with zero attached hydrogens (tertiary/aromatic N) is 1. The highest BCUT2D eigenvalue weighted by Gasteiger charge is 2.47. The average molecular weight is 246 g/mol. The molecule has 0 aliphatic carbocycles. The monoisotopic (exact) mass is 246 g/mol. The Kier molecular flexibility index (Phi) is 3.29. The van der Waals surface area contributed by atoms with Crippen LogP contribution in [-0.2, 0) is 9.53 Å². The number of aliphatic hydroxyl groups is 3. The van der Waals surface area contributed by atoms with Crippen molar-refractivity contribution in [2.75, 3.05) is 13.2 Å². The van der Waals surface area contributed by atoms with Crippen molar-refractivity contribution in [3.63, 3.8) is 0 Å². The van der Waals surface area contributed by atoms with Crippen molar-refractivity contribution in [1.82, 2.24) is 10.2 Å². The molecule has 3 amide bonds. The van der Waals surface area contributed by atoms with Crippen molar-refractivity contribution >= 4 is 11.9 Å². The Balaban J connectivity index is 2.08. The van der Waals surface area contributed by atoms with E-state index in [2.05, 4.69) is 5.32 Å². The molecule has 0 aromatic rings. The highest BCUT2D eigenvalue weighted by molar-refractivity contribution is 5.96.